The molecular weight excluding hydrogens is 192 g/mol. The van der Waals surface area contributed by atoms with Crippen LogP contribution in [0, 0.1) is 0 Å². The molecule has 1 unspecified atom stereocenters. The van der Waals surface area contributed by atoms with Crippen molar-refractivity contribution in [1.29, 1.82) is 0 Å². The van der Waals surface area contributed by atoms with Gasteiger partial charge in [-0.2, -0.15) is 0 Å². The molecule has 0 aliphatic heterocycles. The van der Waals surface area contributed by atoms with Crippen LogP contribution in [0.1, 0.15) is 46.0 Å². The highest BCUT2D eigenvalue weighted by molar-refractivity contribution is 5.67. The Balaban J connectivity index is 3.40. The van der Waals surface area contributed by atoms with Crippen LogP contribution in [0.25, 0.3) is 0 Å². The minimum Gasteiger partial charge on any atom is -0.450 e. The molecule has 15 heavy (non-hydrogen) atoms. The zero-order valence-corrected chi connectivity index (χ0v) is 9.92. The number of ether oxygens (including phenoxy) is 1. The molecule has 0 bridgehead atoms. The number of carbonyl (C=O) groups is 1. The van der Waals surface area contributed by atoms with Gasteiger partial charge in [-0.25, -0.2) is 4.79 Å². The van der Waals surface area contributed by atoms with E-state index in [4.69, 9.17) is 10.5 Å². The molecule has 0 rings (SSSR count). The largest absolute Gasteiger partial charge is 0.450 e. The Bertz CT molecular complexity index is 163. The Labute approximate surface area is 92.6 Å². The standard InChI is InChI=1S/C11H24N2O2/c1-3-4-9-15-11(14)13-10(2)7-5-6-8-12/h10H,3-9,12H2,1-2H3,(H,13,14). The highest BCUT2D eigenvalue weighted by Crippen LogP contribution is 1.99. The maximum absolute atomic E-state index is 11.2. The first-order valence-corrected chi connectivity index (χ1v) is 5.84. The van der Waals surface area contributed by atoms with E-state index in [1.165, 1.54) is 0 Å². The van der Waals surface area contributed by atoms with Crippen LogP contribution in [0.3, 0.4) is 0 Å². The summed E-state index contributed by atoms with van der Waals surface area (Å²) in [5.74, 6) is 0. The van der Waals surface area contributed by atoms with Crippen molar-refractivity contribution in [2.75, 3.05) is 13.2 Å². The summed E-state index contributed by atoms with van der Waals surface area (Å²) in [4.78, 5) is 11.2. The summed E-state index contributed by atoms with van der Waals surface area (Å²) >= 11 is 0. The summed E-state index contributed by atoms with van der Waals surface area (Å²) < 4.78 is 4.98. The average Bonchev–Trinajstić information content (AvgIpc) is 2.18. The molecule has 1 amide bonds. The lowest BCUT2D eigenvalue weighted by molar-refractivity contribution is 0.140. The summed E-state index contributed by atoms with van der Waals surface area (Å²) in [6, 6.07) is 0.172. The van der Waals surface area contributed by atoms with Gasteiger partial charge >= 0.3 is 6.09 Å². The minimum atomic E-state index is -0.302. The molecule has 4 nitrogen and oxygen atoms in total. The normalized spacial score (nSPS) is 12.2. The SMILES string of the molecule is CCCCOC(=O)NC(C)CCCCN. The second-order valence-electron chi connectivity index (χ2n) is 3.82. The van der Waals surface area contributed by atoms with Gasteiger partial charge in [0.2, 0.25) is 0 Å². The Morgan fingerprint density at radius 2 is 2.13 bits per heavy atom. The second-order valence-corrected chi connectivity index (χ2v) is 3.82. The van der Waals surface area contributed by atoms with Crippen molar-refractivity contribution in [3.05, 3.63) is 0 Å². The summed E-state index contributed by atoms with van der Waals surface area (Å²) in [6.45, 7) is 5.28. The van der Waals surface area contributed by atoms with E-state index in [2.05, 4.69) is 12.2 Å². The third-order valence-electron chi connectivity index (χ3n) is 2.19. The van der Waals surface area contributed by atoms with E-state index in [-0.39, 0.29) is 12.1 Å². The van der Waals surface area contributed by atoms with Crippen LogP contribution in [-0.4, -0.2) is 25.3 Å². The van der Waals surface area contributed by atoms with Gasteiger partial charge in [0.05, 0.1) is 6.61 Å². The lowest BCUT2D eigenvalue weighted by Gasteiger charge is -2.13. The van der Waals surface area contributed by atoms with Crippen molar-refractivity contribution in [3.63, 3.8) is 0 Å². The highest BCUT2D eigenvalue weighted by Gasteiger charge is 2.06. The van der Waals surface area contributed by atoms with Gasteiger partial charge in [0, 0.05) is 6.04 Å². The summed E-state index contributed by atoms with van der Waals surface area (Å²) in [5, 5.41) is 2.80. The van der Waals surface area contributed by atoms with Crippen molar-refractivity contribution in [1.82, 2.24) is 5.32 Å². The quantitative estimate of drug-likeness (QED) is 0.610. The Hall–Kier alpha value is -0.770. The van der Waals surface area contributed by atoms with Crippen molar-refractivity contribution in [2.24, 2.45) is 5.73 Å². The molecule has 0 saturated carbocycles. The van der Waals surface area contributed by atoms with E-state index in [1.807, 2.05) is 6.92 Å². The zero-order chi connectivity index (χ0) is 11.5. The van der Waals surface area contributed by atoms with E-state index in [0.29, 0.717) is 13.2 Å². The number of unbranched alkanes of at least 4 members (excludes halogenated alkanes) is 2. The van der Waals surface area contributed by atoms with Crippen LogP contribution >= 0.6 is 0 Å². The van der Waals surface area contributed by atoms with Crippen molar-refractivity contribution in [2.45, 2.75) is 52.0 Å². The number of nitrogens with two attached hydrogens (primary N) is 1. The van der Waals surface area contributed by atoms with Gasteiger partial charge < -0.3 is 15.8 Å². The fraction of sp³-hybridized carbons (Fsp3) is 0.909. The van der Waals surface area contributed by atoms with Gasteiger partial charge in [0.25, 0.3) is 0 Å². The van der Waals surface area contributed by atoms with Gasteiger partial charge in [-0.05, 0) is 32.7 Å². The zero-order valence-electron chi connectivity index (χ0n) is 9.92. The van der Waals surface area contributed by atoms with Gasteiger partial charge in [-0.3, -0.25) is 0 Å². The molecule has 0 aromatic rings. The average molecular weight is 216 g/mol. The first-order valence-electron chi connectivity index (χ1n) is 5.84. The van der Waals surface area contributed by atoms with E-state index in [9.17, 15) is 4.79 Å². The topological polar surface area (TPSA) is 64.3 Å². The number of amides is 1. The van der Waals surface area contributed by atoms with Crippen LogP contribution in [0.5, 0.6) is 0 Å². The predicted octanol–water partition coefficient (Wildman–Crippen LogP) is 2.03. The number of hydrogen-bond acceptors (Lipinski definition) is 3. The monoisotopic (exact) mass is 216 g/mol. The number of carbonyl (C=O) groups excluding carboxylic acids is 1. The number of alkyl carbamates (subject to hydrolysis) is 1. The third-order valence-corrected chi connectivity index (χ3v) is 2.19. The lowest BCUT2D eigenvalue weighted by Crippen LogP contribution is -2.33. The molecule has 0 fully saturated rings. The van der Waals surface area contributed by atoms with E-state index >= 15 is 0 Å². The first kappa shape index (κ1) is 14.2. The summed E-state index contributed by atoms with van der Waals surface area (Å²) in [7, 11) is 0. The van der Waals surface area contributed by atoms with Crippen LogP contribution in [0.4, 0.5) is 4.79 Å². The Kier molecular flexibility index (Phi) is 9.27. The Morgan fingerprint density at radius 3 is 2.73 bits per heavy atom. The third kappa shape index (κ3) is 9.53. The molecule has 90 valence electrons. The van der Waals surface area contributed by atoms with E-state index in [1.54, 1.807) is 0 Å². The van der Waals surface area contributed by atoms with Crippen LogP contribution in [0.15, 0.2) is 0 Å². The fourth-order valence-electron chi connectivity index (χ4n) is 1.22. The second kappa shape index (κ2) is 9.77. The molecular formula is C11H24N2O2. The van der Waals surface area contributed by atoms with Gasteiger partial charge in [-0.1, -0.05) is 19.8 Å². The van der Waals surface area contributed by atoms with Crippen molar-refractivity contribution >= 4 is 6.09 Å². The molecule has 0 aromatic carbocycles. The van der Waals surface area contributed by atoms with Gasteiger partial charge in [0.15, 0.2) is 0 Å². The van der Waals surface area contributed by atoms with E-state index < -0.39 is 0 Å². The molecule has 3 N–H and O–H groups in total. The fourth-order valence-corrected chi connectivity index (χ4v) is 1.22. The number of rotatable bonds is 8. The van der Waals surface area contributed by atoms with Gasteiger partial charge in [-0.15, -0.1) is 0 Å². The van der Waals surface area contributed by atoms with Gasteiger partial charge in [0.1, 0.15) is 0 Å². The number of hydrogen-bond donors (Lipinski definition) is 2. The maximum atomic E-state index is 11.2. The Morgan fingerprint density at radius 1 is 1.40 bits per heavy atom. The molecule has 1 atom stereocenters. The maximum Gasteiger partial charge on any atom is 0.407 e. The predicted molar refractivity (Wildman–Crippen MR) is 61.8 cm³/mol. The van der Waals surface area contributed by atoms with Crippen molar-refractivity contribution < 1.29 is 9.53 Å². The molecule has 0 saturated heterocycles. The lowest BCUT2D eigenvalue weighted by atomic mass is 10.1. The molecule has 0 radical (unpaired) electrons. The van der Waals surface area contributed by atoms with Crippen LogP contribution in [0.2, 0.25) is 0 Å². The summed E-state index contributed by atoms with van der Waals surface area (Å²) in [6.07, 6.45) is 4.68. The molecule has 0 aliphatic carbocycles. The molecule has 0 heterocycles. The van der Waals surface area contributed by atoms with Crippen LogP contribution < -0.4 is 11.1 Å². The van der Waals surface area contributed by atoms with Crippen LogP contribution in [-0.2, 0) is 4.74 Å². The van der Waals surface area contributed by atoms with Crippen molar-refractivity contribution in [3.8, 4) is 0 Å². The molecule has 0 aliphatic rings. The van der Waals surface area contributed by atoms with E-state index in [0.717, 1.165) is 32.1 Å². The molecule has 0 spiro atoms. The molecule has 0 aromatic heterocycles. The highest BCUT2D eigenvalue weighted by atomic mass is 16.5. The smallest absolute Gasteiger partial charge is 0.407 e. The summed E-state index contributed by atoms with van der Waals surface area (Å²) in [5.41, 5.74) is 5.38. The molecule has 4 heteroatoms. The first-order chi connectivity index (χ1) is 7.20. The number of nitrogens with one attached hydrogen (secondary N) is 1. The minimum absolute atomic E-state index is 0.172.